The molecule has 0 spiro atoms. The fourth-order valence-electron chi connectivity index (χ4n) is 1.75. The standard InChI is InChI=1S/C13H11BrCl2OS/c1-7-3-4-10(17-2)8(5-7)12(14)9-6-11(15)18-13(9)16/h3-6,12H,1-2H3. The van der Waals surface area contributed by atoms with Crippen LogP contribution >= 0.6 is 50.5 Å². The van der Waals surface area contributed by atoms with Gasteiger partial charge in [0.2, 0.25) is 0 Å². The molecular weight excluding hydrogens is 355 g/mol. The fraction of sp³-hybridized carbons (Fsp3) is 0.231. The second kappa shape index (κ2) is 5.83. The van der Waals surface area contributed by atoms with Crippen molar-refractivity contribution in [2.45, 2.75) is 11.8 Å². The Balaban J connectivity index is 2.48. The molecule has 0 saturated carbocycles. The monoisotopic (exact) mass is 364 g/mol. The van der Waals surface area contributed by atoms with Gasteiger partial charge in [-0.05, 0) is 19.1 Å². The molecule has 2 aromatic rings. The maximum Gasteiger partial charge on any atom is 0.123 e. The summed E-state index contributed by atoms with van der Waals surface area (Å²) in [5.41, 5.74) is 3.19. The van der Waals surface area contributed by atoms with Crippen LogP contribution in [-0.2, 0) is 0 Å². The van der Waals surface area contributed by atoms with Gasteiger partial charge in [-0.2, -0.15) is 0 Å². The Morgan fingerprint density at radius 2 is 1.94 bits per heavy atom. The van der Waals surface area contributed by atoms with Crippen LogP contribution in [0.3, 0.4) is 0 Å². The number of aryl methyl sites for hydroxylation is 1. The number of ether oxygens (including phenoxy) is 1. The van der Waals surface area contributed by atoms with Gasteiger partial charge in [-0.15, -0.1) is 11.3 Å². The van der Waals surface area contributed by atoms with E-state index in [0.29, 0.717) is 8.67 Å². The highest BCUT2D eigenvalue weighted by molar-refractivity contribution is 9.09. The number of halogens is 3. The average Bonchev–Trinajstić information content (AvgIpc) is 2.67. The number of hydrogen-bond donors (Lipinski definition) is 0. The van der Waals surface area contributed by atoms with Crippen molar-refractivity contribution in [2.75, 3.05) is 7.11 Å². The van der Waals surface area contributed by atoms with Crippen molar-refractivity contribution in [1.82, 2.24) is 0 Å². The van der Waals surface area contributed by atoms with Crippen LogP contribution in [0.25, 0.3) is 0 Å². The minimum Gasteiger partial charge on any atom is -0.496 e. The third kappa shape index (κ3) is 2.85. The molecule has 1 atom stereocenters. The minimum absolute atomic E-state index is 0.0244. The number of methoxy groups -OCH3 is 1. The predicted octanol–water partition coefficient (Wildman–Crippen LogP) is 5.86. The molecule has 1 aromatic heterocycles. The zero-order chi connectivity index (χ0) is 13.3. The lowest BCUT2D eigenvalue weighted by Crippen LogP contribution is -1.97. The zero-order valence-corrected chi connectivity index (χ0v) is 13.8. The van der Waals surface area contributed by atoms with Crippen molar-refractivity contribution in [3.63, 3.8) is 0 Å². The van der Waals surface area contributed by atoms with Crippen molar-refractivity contribution in [3.8, 4) is 5.75 Å². The molecule has 96 valence electrons. The molecule has 2 rings (SSSR count). The Morgan fingerprint density at radius 3 is 2.50 bits per heavy atom. The van der Waals surface area contributed by atoms with E-state index in [9.17, 15) is 0 Å². The summed E-state index contributed by atoms with van der Waals surface area (Å²) >= 11 is 17.2. The Bertz CT molecular complexity index is 568. The fourth-order valence-corrected chi connectivity index (χ4v) is 4.28. The topological polar surface area (TPSA) is 9.23 Å². The summed E-state index contributed by atoms with van der Waals surface area (Å²) in [5, 5.41) is 0. The van der Waals surface area contributed by atoms with Crippen molar-refractivity contribution < 1.29 is 4.74 Å². The Morgan fingerprint density at radius 1 is 1.22 bits per heavy atom. The van der Waals surface area contributed by atoms with E-state index in [1.165, 1.54) is 16.9 Å². The lowest BCUT2D eigenvalue weighted by molar-refractivity contribution is 0.410. The van der Waals surface area contributed by atoms with Crippen molar-refractivity contribution >= 4 is 50.5 Å². The first kappa shape index (κ1) is 14.2. The van der Waals surface area contributed by atoms with Gasteiger partial charge in [0.25, 0.3) is 0 Å². The maximum atomic E-state index is 6.19. The third-order valence-corrected chi connectivity index (χ3v) is 5.12. The number of rotatable bonds is 3. The highest BCUT2D eigenvalue weighted by Crippen LogP contribution is 2.44. The van der Waals surface area contributed by atoms with E-state index < -0.39 is 0 Å². The van der Waals surface area contributed by atoms with E-state index in [4.69, 9.17) is 27.9 Å². The highest BCUT2D eigenvalue weighted by Gasteiger charge is 2.20. The van der Waals surface area contributed by atoms with Gasteiger partial charge < -0.3 is 4.74 Å². The van der Waals surface area contributed by atoms with Crippen LogP contribution in [-0.4, -0.2) is 7.11 Å². The summed E-state index contributed by atoms with van der Waals surface area (Å²) < 4.78 is 6.77. The van der Waals surface area contributed by atoms with Crippen LogP contribution in [0.2, 0.25) is 8.67 Å². The number of alkyl halides is 1. The van der Waals surface area contributed by atoms with Crippen molar-refractivity contribution in [2.24, 2.45) is 0 Å². The second-order valence-electron chi connectivity index (χ2n) is 3.89. The van der Waals surface area contributed by atoms with Gasteiger partial charge in [0.15, 0.2) is 0 Å². The summed E-state index contributed by atoms with van der Waals surface area (Å²) in [5.74, 6) is 0.834. The van der Waals surface area contributed by atoms with Gasteiger partial charge in [0.05, 0.1) is 20.6 Å². The molecule has 0 N–H and O–H groups in total. The van der Waals surface area contributed by atoms with E-state index in [1.54, 1.807) is 7.11 Å². The molecule has 0 aliphatic rings. The Hall–Kier alpha value is -0.220. The first-order valence-corrected chi connectivity index (χ1v) is 7.75. The largest absolute Gasteiger partial charge is 0.496 e. The minimum atomic E-state index is -0.0244. The highest BCUT2D eigenvalue weighted by atomic mass is 79.9. The number of thiophene rings is 1. The van der Waals surface area contributed by atoms with Crippen LogP contribution in [0, 0.1) is 6.92 Å². The van der Waals surface area contributed by atoms with Gasteiger partial charge in [-0.3, -0.25) is 0 Å². The van der Waals surface area contributed by atoms with Gasteiger partial charge in [-0.1, -0.05) is 56.8 Å². The summed E-state index contributed by atoms with van der Waals surface area (Å²) in [6, 6.07) is 7.95. The Labute approximate surface area is 129 Å². The molecule has 0 aliphatic heterocycles. The van der Waals surface area contributed by atoms with Gasteiger partial charge in [0.1, 0.15) is 5.75 Å². The van der Waals surface area contributed by atoms with Crippen molar-refractivity contribution in [3.05, 3.63) is 49.6 Å². The van der Waals surface area contributed by atoms with Crippen LogP contribution in [0.5, 0.6) is 5.75 Å². The quantitative estimate of drug-likeness (QED) is 0.619. The molecule has 1 aromatic carbocycles. The maximum absolute atomic E-state index is 6.19. The van der Waals surface area contributed by atoms with E-state index in [-0.39, 0.29) is 4.83 Å². The van der Waals surface area contributed by atoms with Gasteiger partial charge in [-0.25, -0.2) is 0 Å². The first-order valence-electron chi connectivity index (χ1n) is 5.26. The molecule has 1 heterocycles. The number of hydrogen-bond acceptors (Lipinski definition) is 2. The van der Waals surface area contributed by atoms with Crippen LogP contribution in [0.4, 0.5) is 0 Å². The summed E-state index contributed by atoms with van der Waals surface area (Å²) in [6.07, 6.45) is 0. The third-order valence-electron chi connectivity index (χ3n) is 2.61. The molecule has 1 nitrogen and oxygen atoms in total. The number of benzene rings is 1. The van der Waals surface area contributed by atoms with Crippen molar-refractivity contribution in [1.29, 1.82) is 0 Å². The van der Waals surface area contributed by atoms with Crippen LogP contribution in [0.15, 0.2) is 24.3 Å². The molecule has 0 saturated heterocycles. The molecule has 0 fully saturated rings. The Kier molecular flexibility index (Phi) is 4.59. The molecule has 0 aliphatic carbocycles. The molecular formula is C13H11BrCl2OS. The van der Waals surface area contributed by atoms with Gasteiger partial charge >= 0.3 is 0 Å². The SMILES string of the molecule is COc1ccc(C)cc1C(Br)c1cc(Cl)sc1Cl. The molecule has 0 radical (unpaired) electrons. The zero-order valence-electron chi connectivity index (χ0n) is 9.84. The van der Waals surface area contributed by atoms with E-state index in [2.05, 4.69) is 22.0 Å². The second-order valence-corrected chi connectivity index (χ2v) is 7.09. The van der Waals surface area contributed by atoms with E-state index in [1.807, 2.05) is 25.1 Å². The smallest absolute Gasteiger partial charge is 0.123 e. The normalized spacial score (nSPS) is 12.5. The van der Waals surface area contributed by atoms with Crippen LogP contribution in [0.1, 0.15) is 21.5 Å². The lowest BCUT2D eigenvalue weighted by Gasteiger charge is -2.14. The summed E-state index contributed by atoms with van der Waals surface area (Å²) in [6.45, 7) is 2.05. The predicted molar refractivity (Wildman–Crippen MR) is 82.8 cm³/mol. The molecule has 18 heavy (non-hydrogen) atoms. The first-order chi connectivity index (χ1) is 8.52. The summed E-state index contributed by atoms with van der Waals surface area (Å²) in [7, 11) is 1.66. The molecule has 1 unspecified atom stereocenters. The average molecular weight is 366 g/mol. The van der Waals surface area contributed by atoms with Crippen LogP contribution < -0.4 is 4.74 Å². The van der Waals surface area contributed by atoms with E-state index >= 15 is 0 Å². The molecule has 5 heteroatoms. The lowest BCUT2D eigenvalue weighted by atomic mass is 10.0. The molecule has 0 amide bonds. The summed E-state index contributed by atoms with van der Waals surface area (Å²) in [4.78, 5) is -0.0244. The van der Waals surface area contributed by atoms with E-state index in [0.717, 1.165) is 16.9 Å². The van der Waals surface area contributed by atoms with Gasteiger partial charge in [0, 0.05) is 11.1 Å². The molecule has 0 bridgehead atoms.